The topological polar surface area (TPSA) is 63.6 Å². The van der Waals surface area contributed by atoms with Crippen LogP contribution in [0, 0.1) is 33.5 Å². The van der Waals surface area contributed by atoms with Crippen molar-refractivity contribution in [2.45, 2.75) is 85.0 Å². The molecule has 0 amide bonds. The molecule has 0 aromatic heterocycles. The maximum atomic E-state index is 11.5. The van der Waals surface area contributed by atoms with E-state index in [-0.39, 0.29) is 12.0 Å². The molecule has 0 heterocycles. The highest BCUT2D eigenvalue weighted by atomic mass is 16.6. The van der Waals surface area contributed by atoms with Crippen LogP contribution in [0.1, 0.15) is 85.0 Å². The summed E-state index contributed by atoms with van der Waals surface area (Å²) in [6.07, 6.45) is 13.0. The standard InChI is InChI=1S/C22H34O4/c1-19-9-5-16-21(3)8-4-7-20(2,14-26-18(25)17(23)24)15(21)6-10-22(16,13-19)12-11-19/h15-16H,4-14H2,1-3H3,(H,23,24)/t15?,16?,19-,20+,21-,22+/m1/s1. The Labute approximate surface area is 157 Å². The van der Waals surface area contributed by atoms with Gasteiger partial charge in [0.25, 0.3) is 0 Å². The van der Waals surface area contributed by atoms with Crippen LogP contribution in [0.2, 0.25) is 0 Å². The molecule has 2 bridgehead atoms. The van der Waals surface area contributed by atoms with Gasteiger partial charge in [0.2, 0.25) is 0 Å². The number of carbonyl (C=O) groups excluding carboxylic acids is 1. The minimum atomic E-state index is -1.48. The van der Waals surface area contributed by atoms with Crippen molar-refractivity contribution in [3.05, 3.63) is 0 Å². The lowest BCUT2D eigenvalue weighted by atomic mass is 9.40. The predicted molar refractivity (Wildman–Crippen MR) is 98.5 cm³/mol. The third kappa shape index (κ3) is 2.54. The zero-order valence-electron chi connectivity index (χ0n) is 16.6. The van der Waals surface area contributed by atoms with Gasteiger partial charge in [-0.2, -0.15) is 0 Å². The predicted octanol–water partition coefficient (Wildman–Crippen LogP) is 4.81. The molecule has 0 aliphatic heterocycles. The van der Waals surface area contributed by atoms with Gasteiger partial charge in [-0.05, 0) is 85.9 Å². The van der Waals surface area contributed by atoms with Gasteiger partial charge in [0, 0.05) is 5.41 Å². The van der Waals surface area contributed by atoms with Crippen LogP contribution in [0.25, 0.3) is 0 Å². The summed E-state index contributed by atoms with van der Waals surface area (Å²) in [7, 11) is 0. The highest BCUT2D eigenvalue weighted by molar-refractivity contribution is 6.28. The number of esters is 1. The monoisotopic (exact) mass is 362 g/mol. The van der Waals surface area contributed by atoms with Gasteiger partial charge in [-0.3, -0.25) is 0 Å². The van der Waals surface area contributed by atoms with Gasteiger partial charge in [0.1, 0.15) is 0 Å². The molecule has 0 radical (unpaired) electrons. The van der Waals surface area contributed by atoms with Gasteiger partial charge in [-0.15, -0.1) is 0 Å². The molecule has 6 atom stereocenters. The Morgan fingerprint density at radius 2 is 1.69 bits per heavy atom. The summed E-state index contributed by atoms with van der Waals surface area (Å²) in [6, 6.07) is 0. The van der Waals surface area contributed by atoms with Crippen molar-refractivity contribution in [3.63, 3.8) is 0 Å². The molecule has 2 unspecified atom stereocenters. The Kier molecular flexibility index (Phi) is 4.03. The normalized spacial score (nSPS) is 49.8. The van der Waals surface area contributed by atoms with E-state index in [0.717, 1.165) is 18.8 Å². The number of fused-ring (bicyclic) bond motifs is 3. The quantitative estimate of drug-likeness (QED) is 0.566. The van der Waals surface area contributed by atoms with E-state index in [1.807, 2.05) is 0 Å². The van der Waals surface area contributed by atoms with Crippen molar-refractivity contribution in [3.8, 4) is 0 Å². The molecule has 0 aromatic carbocycles. The van der Waals surface area contributed by atoms with Gasteiger partial charge in [0.15, 0.2) is 0 Å². The fourth-order valence-electron chi connectivity index (χ4n) is 8.31. The number of hydrogen-bond donors (Lipinski definition) is 1. The van der Waals surface area contributed by atoms with Crippen molar-refractivity contribution in [2.24, 2.45) is 33.5 Å². The fourth-order valence-corrected chi connectivity index (χ4v) is 8.31. The largest absolute Gasteiger partial charge is 0.473 e. The van der Waals surface area contributed by atoms with E-state index in [2.05, 4.69) is 20.8 Å². The van der Waals surface area contributed by atoms with Crippen LogP contribution in [0.4, 0.5) is 0 Å². The fraction of sp³-hybridized carbons (Fsp3) is 0.909. The maximum absolute atomic E-state index is 11.5. The second-order valence-electron chi connectivity index (χ2n) is 10.9. The Balaban J connectivity index is 1.59. The molecular formula is C22H34O4. The molecule has 4 saturated carbocycles. The van der Waals surface area contributed by atoms with Crippen LogP contribution < -0.4 is 0 Å². The van der Waals surface area contributed by atoms with E-state index in [1.54, 1.807) is 0 Å². The number of carbonyl (C=O) groups is 2. The third-order valence-electron chi connectivity index (χ3n) is 9.32. The van der Waals surface area contributed by atoms with Crippen LogP contribution in [-0.2, 0) is 14.3 Å². The summed E-state index contributed by atoms with van der Waals surface area (Å²) >= 11 is 0. The van der Waals surface area contributed by atoms with Gasteiger partial charge >= 0.3 is 11.9 Å². The first-order chi connectivity index (χ1) is 12.1. The summed E-state index contributed by atoms with van der Waals surface area (Å²) in [5.74, 6) is -1.26. The molecule has 4 aliphatic carbocycles. The second kappa shape index (κ2) is 5.72. The smallest absolute Gasteiger partial charge is 0.417 e. The minimum absolute atomic E-state index is 0.0843. The van der Waals surface area contributed by atoms with Crippen LogP contribution in [-0.4, -0.2) is 23.7 Å². The first-order valence-corrected chi connectivity index (χ1v) is 10.5. The number of carboxylic acids is 1. The van der Waals surface area contributed by atoms with E-state index >= 15 is 0 Å². The van der Waals surface area contributed by atoms with Crippen LogP contribution in [0.5, 0.6) is 0 Å². The van der Waals surface area contributed by atoms with Crippen LogP contribution in [0.3, 0.4) is 0 Å². The zero-order chi connectivity index (χ0) is 18.8. The van der Waals surface area contributed by atoms with E-state index in [0.29, 0.717) is 22.2 Å². The highest BCUT2D eigenvalue weighted by Gasteiger charge is 2.64. The molecule has 0 saturated heterocycles. The number of hydrogen-bond acceptors (Lipinski definition) is 3. The molecule has 1 N–H and O–H groups in total. The molecule has 146 valence electrons. The molecule has 4 aliphatic rings. The van der Waals surface area contributed by atoms with Crippen LogP contribution in [0.15, 0.2) is 0 Å². The number of rotatable bonds is 2. The average molecular weight is 363 g/mol. The lowest BCUT2D eigenvalue weighted by molar-refractivity contribution is -0.181. The van der Waals surface area contributed by atoms with Crippen molar-refractivity contribution in [2.75, 3.05) is 6.61 Å². The van der Waals surface area contributed by atoms with Gasteiger partial charge in [-0.25, -0.2) is 9.59 Å². The van der Waals surface area contributed by atoms with E-state index in [1.165, 1.54) is 51.4 Å². The minimum Gasteiger partial charge on any atom is -0.473 e. The van der Waals surface area contributed by atoms with Crippen molar-refractivity contribution < 1.29 is 19.4 Å². The summed E-state index contributed by atoms with van der Waals surface area (Å²) in [6.45, 7) is 7.52. The van der Waals surface area contributed by atoms with Crippen molar-refractivity contribution >= 4 is 11.9 Å². The molecular weight excluding hydrogens is 328 g/mol. The summed E-state index contributed by atoms with van der Waals surface area (Å²) in [4.78, 5) is 22.4. The first-order valence-electron chi connectivity index (χ1n) is 10.5. The van der Waals surface area contributed by atoms with Crippen molar-refractivity contribution in [1.82, 2.24) is 0 Å². The third-order valence-corrected chi connectivity index (χ3v) is 9.32. The van der Waals surface area contributed by atoms with E-state index in [9.17, 15) is 9.59 Å². The number of aliphatic carboxylic acids is 1. The SMILES string of the molecule is C[C@@]12CCC3[C@@](CCC4[C@](C)(COC(=O)C(=O)O)CCC[C@]43C)(CC1)C2. The zero-order valence-corrected chi connectivity index (χ0v) is 16.6. The molecule has 26 heavy (non-hydrogen) atoms. The Hall–Kier alpha value is -1.06. The Morgan fingerprint density at radius 1 is 0.962 bits per heavy atom. The van der Waals surface area contributed by atoms with E-state index in [4.69, 9.17) is 9.84 Å². The molecule has 4 nitrogen and oxygen atoms in total. The lowest BCUT2D eigenvalue weighted by Gasteiger charge is -2.64. The van der Waals surface area contributed by atoms with Crippen LogP contribution >= 0.6 is 0 Å². The van der Waals surface area contributed by atoms with E-state index < -0.39 is 11.9 Å². The average Bonchev–Trinajstić information content (AvgIpc) is 2.82. The maximum Gasteiger partial charge on any atom is 0.417 e. The van der Waals surface area contributed by atoms with Gasteiger partial charge < -0.3 is 9.84 Å². The summed E-state index contributed by atoms with van der Waals surface area (Å²) in [5, 5.41) is 8.85. The Morgan fingerprint density at radius 3 is 2.42 bits per heavy atom. The molecule has 4 heteroatoms. The molecule has 1 spiro atoms. The molecule has 0 aromatic rings. The molecule has 4 fully saturated rings. The van der Waals surface area contributed by atoms with Crippen molar-refractivity contribution in [1.29, 1.82) is 0 Å². The highest BCUT2D eigenvalue weighted by Crippen LogP contribution is 2.73. The summed E-state index contributed by atoms with van der Waals surface area (Å²) in [5.41, 5.74) is 1.36. The molecule has 4 rings (SSSR count). The second-order valence-corrected chi connectivity index (χ2v) is 10.9. The van der Waals surface area contributed by atoms with Gasteiger partial charge in [0.05, 0.1) is 6.61 Å². The lowest BCUT2D eigenvalue weighted by Crippen LogP contribution is -2.58. The number of carboxylic acid groups (broad SMARTS) is 1. The summed E-state index contributed by atoms with van der Waals surface area (Å²) < 4.78 is 5.21. The first kappa shape index (κ1) is 18.3. The van der Waals surface area contributed by atoms with Gasteiger partial charge in [-0.1, -0.05) is 27.2 Å². The number of ether oxygens (including phenoxy) is 1. The Bertz CT molecular complexity index is 630.